The van der Waals surface area contributed by atoms with E-state index in [0.717, 1.165) is 56.6 Å². The van der Waals surface area contributed by atoms with Crippen LogP contribution in [0, 0.1) is 29.6 Å². The molecule has 0 saturated carbocycles. The zero-order valence-electron chi connectivity index (χ0n) is 81.0. The van der Waals surface area contributed by atoms with Gasteiger partial charge in [-0.1, -0.05) is 225 Å². The van der Waals surface area contributed by atoms with Crippen molar-refractivity contribution in [2.45, 2.75) is 161 Å². The first-order valence-electron chi connectivity index (χ1n) is 45.9. The first-order chi connectivity index (χ1) is 64.3. The Bertz CT molecular complexity index is 3830. The fourth-order valence-corrected chi connectivity index (χ4v) is 13.6. The van der Waals surface area contributed by atoms with Gasteiger partial charge in [0.05, 0.1) is 66.1 Å². The van der Waals surface area contributed by atoms with E-state index in [-0.39, 0.29) is 93.1 Å². The highest BCUT2D eigenvalue weighted by molar-refractivity contribution is 6.18. The highest BCUT2D eigenvalue weighted by Crippen LogP contribution is 2.40. The number of halogens is 5. The van der Waals surface area contributed by atoms with Crippen LogP contribution in [0.3, 0.4) is 0 Å². The Morgan fingerprint density at radius 2 is 0.267 bits per heavy atom. The van der Waals surface area contributed by atoms with E-state index in [1.807, 2.05) is 182 Å². The summed E-state index contributed by atoms with van der Waals surface area (Å²) in [7, 11) is 0. The SMILES string of the molecule is CC(CCl)COc1ccc(C(C)(C)c2ccc(OCC(O)CO)cc2)cc1.C[C@@H](CCl)COc1ccc(C(C)(C)c2ccc(OC[C@@H](O)CO)cc2)cc1.C[C@@H](CCl)COc1ccc(C(C)(C)c2ccc(OC[C@H](O)CO)cc2)cc1.C[C@H](CCl)COc1ccc(C(C)(C)c2ccc(OC[C@@H](O)CO)cc2)cc1.C[C@H](CCl)COc1ccc(C(C)(C)c2ccc(OC[C@H](O)CO)cc2)cc1. The van der Waals surface area contributed by atoms with Crippen LogP contribution in [0.5, 0.6) is 57.5 Å². The van der Waals surface area contributed by atoms with Crippen LogP contribution in [0.1, 0.15) is 159 Å². The molecule has 0 saturated heterocycles. The lowest BCUT2D eigenvalue weighted by atomic mass is 9.78. The summed E-state index contributed by atoms with van der Waals surface area (Å²) in [6.07, 6.45) is -4.33. The number of hydrogen-bond acceptors (Lipinski definition) is 20. The number of alkyl halides is 5. The number of aliphatic hydroxyl groups is 10. The third kappa shape index (κ3) is 38.9. The van der Waals surface area contributed by atoms with Crippen molar-refractivity contribution in [3.63, 3.8) is 0 Å². The van der Waals surface area contributed by atoms with Gasteiger partial charge in [-0.05, 0) is 177 Å². The minimum Gasteiger partial charge on any atom is -0.493 e. The van der Waals surface area contributed by atoms with Gasteiger partial charge in [0.25, 0.3) is 0 Å². The van der Waals surface area contributed by atoms with Crippen LogP contribution in [-0.2, 0) is 27.1 Å². The Morgan fingerprint density at radius 1 is 0.178 bits per heavy atom. The first kappa shape index (κ1) is 115. The minimum absolute atomic E-state index is 0.0725. The molecular weight excluding hydrogens is 1820 g/mol. The second-order valence-electron chi connectivity index (χ2n) is 37.0. The van der Waals surface area contributed by atoms with Crippen LogP contribution in [0.15, 0.2) is 243 Å². The van der Waals surface area contributed by atoms with Gasteiger partial charge < -0.3 is 98.4 Å². The maximum absolute atomic E-state index is 9.36. The zero-order valence-corrected chi connectivity index (χ0v) is 84.7. The molecule has 0 aliphatic carbocycles. The van der Waals surface area contributed by atoms with Crippen LogP contribution >= 0.6 is 58.0 Å². The lowest BCUT2D eigenvalue weighted by Gasteiger charge is -2.26. The van der Waals surface area contributed by atoms with Crippen LogP contribution in [0.4, 0.5) is 0 Å². The molecule has 135 heavy (non-hydrogen) atoms. The Morgan fingerprint density at radius 3 is 0.348 bits per heavy atom. The Kier molecular flexibility index (Phi) is 50.1. The molecule has 10 aromatic rings. The summed E-state index contributed by atoms with van der Waals surface area (Å²) in [4.78, 5) is 0. The molecule has 10 rings (SSSR count). The second-order valence-corrected chi connectivity index (χ2v) is 38.5. The van der Waals surface area contributed by atoms with Crippen molar-refractivity contribution in [3.8, 4) is 57.5 Å². The van der Waals surface area contributed by atoms with Crippen molar-refractivity contribution >= 4 is 58.0 Å². The van der Waals surface area contributed by atoms with Crippen molar-refractivity contribution in [1.82, 2.24) is 0 Å². The summed E-state index contributed by atoms with van der Waals surface area (Å²) in [6, 6.07) is 79.8. The Labute approximate surface area is 826 Å². The van der Waals surface area contributed by atoms with E-state index >= 15 is 0 Å². The quantitative estimate of drug-likeness (QED) is 0.0159. The number of rotatable bonds is 50. The third-order valence-corrected chi connectivity index (χ3v) is 25.6. The fourth-order valence-electron chi connectivity index (χ4n) is 13.2. The van der Waals surface area contributed by atoms with Gasteiger partial charge in [-0.3, -0.25) is 0 Å². The highest BCUT2D eigenvalue weighted by Gasteiger charge is 2.29. The maximum Gasteiger partial charge on any atom is 0.119 e. The number of aliphatic hydroxyl groups excluding tert-OH is 10. The first-order valence-corrected chi connectivity index (χ1v) is 48.6. The smallest absolute Gasteiger partial charge is 0.119 e. The number of benzene rings is 10. The Hall–Kier alpha value is -8.75. The molecule has 0 amide bonds. The number of hydrogen-bond donors (Lipinski definition) is 10. The van der Waals surface area contributed by atoms with Crippen LogP contribution in [-0.4, -0.2) is 210 Å². The molecule has 2 unspecified atom stereocenters. The standard InChI is InChI=1S/5C22H29ClO4/c5*1-16(12-23)14-26-20-8-4-17(5-9-20)22(2,3)18-6-10-21(11-7-18)27-15-19(25)13-24/h5*4-11,16,19,24-25H,12-15H2,1-3H3/t2*16-,19+;2*16-,19-;/m1010./s1. The van der Waals surface area contributed by atoms with Crippen molar-refractivity contribution < 1.29 is 98.4 Å². The predicted molar refractivity (Wildman–Crippen MR) is 545 cm³/mol. The molecule has 0 heterocycles. The van der Waals surface area contributed by atoms with E-state index < -0.39 is 30.5 Å². The van der Waals surface area contributed by atoms with E-state index in [2.05, 4.69) is 165 Å². The average Bonchev–Trinajstić information content (AvgIpc) is 0.822. The van der Waals surface area contributed by atoms with E-state index in [1.54, 1.807) is 0 Å². The molecule has 25 heteroatoms. The van der Waals surface area contributed by atoms with E-state index in [4.69, 9.17) is 131 Å². The minimum atomic E-state index is -0.866. The van der Waals surface area contributed by atoms with Crippen molar-refractivity contribution in [1.29, 1.82) is 0 Å². The summed E-state index contributed by atoms with van der Waals surface area (Å²) in [5, 5.41) is 91.0. The van der Waals surface area contributed by atoms with Gasteiger partial charge in [-0.25, -0.2) is 0 Å². The molecule has 0 aliphatic heterocycles. The predicted octanol–water partition coefficient (Wildman–Crippen LogP) is 20.0. The van der Waals surface area contributed by atoms with Gasteiger partial charge in [0.15, 0.2) is 0 Å². The van der Waals surface area contributed by atoms with Crippen molar-refractivity contribution in [2.24, 2.45) is 29.6 Å². The van der Waals surface area contributed by atoms with Crippen molar-refractivity contribution in [2.75, 3.05) is 129 Å². The number of ether oxygens (including phenoxy) is 10. The average molecular weight is 1960 g/mol. The topological polar surface area (TPSA) is 295 Å². The molecule has 10 aromatic carbocycles. The molecule has 0 radical (unpaired) electrons. The molecule has 0 fully saturated rings. The largest absolute Gasteiger partial charge is 0.493 e. The molecule has 0 aliphatic rings. The van der Waals surface area contributed by atoms with Gasteiger partial charge in [-0.2, -0.15) is 0 Å². The van der Waals surface area contributed by atoms with Crippen LogP contribution in [0.25, 0.3) is 0 Å². The van der Waals surface area contributed by atoms with Gasteiger partial charge >= 0.3 is 0 Å². The second kappa shape index (κ2) is 58.9. The monoisotopic (exact) mass is 1960 g/mol. The van der Waals surface area contributed by atoms with Crippen LogP contribution < -0.4 is 47.4 Å². The molecule has 0 aromatic heterocycles. The van der Waals surface area contributed by atoms with E-state index in [1.165, 1.54) is 27.8 Å². The molecule has 10 N–H and O–H groups in total. The van der Waals surface area contributed by atoms with Crippen LogP contribution in [0.2, 0.25) is 0 Å². The third-order valence-electron chi connectivity index (χ3n) is 23.0. The molecule has 20 nitrogen and oxygen atoms in total. The molecule has 740 valence electrons. The lowest BCUT2D eigenvalue weighted by Crippen LogP contribution is -2.21. The maximum atomic E-state index is 9.36. The normalized spacial score (nSPS) is 13.9. The molecule has 0 bridgehead atoms. The summed E-state index contributed by atoms with van der Waals surface area (Å²) >= 11 is 29.1. The molecule has 10 atom stereocenters. The summed E-state index contributed by atoms with van der Waals surface area (Å²) < 4.78 is 56.2. The summed E-state index contributed by atoms with van der Waals surface area (Å²) in [5.74, 6) is 12.1. The highest BCUT2D eigenvalue weighted by atomic mass is 35.5. The fraction of sp³-hybridized carbons (Fsp3) is 0.455. The van der Waals surface area contributed by atoms with Crippen molar-refractivity contribution in [3.05, 3.63) is 298 Å². The molecule has 0 spiro atoms. The van der Waals surface area contributed by atoms with Gasteiger partial charge in [0, 0.05) is 86.1 Å². The van der Waals surface area contributed by atoms with Gasteiger partial charge in [-0.15, -0.1) is 58.0 Å². The van der Waals surface area contributed by atoms with Gasteiger partial charge in [0.1, 0.15) is 121 Å². The summed E-state index contributed by atoms with van der Waals surface area (Å²) in [6.45, 7) is 33.9. The van der Waals surface area contributed by atoms with E-state index in [0.29, 0.717) is 121 Å². The van der Waals surface area contributed by atoms with Gasteiger partial charge in [0.2, 0.25) is 0 Å². The van der Waals surface area contributed by atoms with E-state index in [9.17, 15) is 25.5 Å². The Balaban J connectivity index is 0.000000259. The molecular formula is C110H145Cl5O20. The lowest BCUT2D eigenvalue weighted by molar-refractivity contribution is 0.0536. The zero-order chi connectivity index (χ0) is 99.3. The summed E-state index contributed by atoms with van der Waals surface area (Å²) in [5.41, 5.74) is 10.8.